The van der Waals surface area contributed by atoms with Crippen LogP contribution >= 0.6 is 11.5 Å². The highest BCUT2D eigenvalue weighted by Crippen LogP contribution is 2.25. The average molecular weight is 458 g/mol. The molecule has 9 nitrogen and oxygen atoms in total. The predicted octanol–water partition coefficient (Wildman–Crippen LogP) is 2.28. The summed E-state index contributed by atoms with van der Waals surface area (Å²) in [5.74, 6) is -0.525. The smallest absolute Gasteiger partial charge is 0.408 e. The maximum Gasteiger partial charge on any atom is 0.420 e. The van der Waals surface area contributed by atoms with Crippen LogP contribution in [-0.4, -0.2) is 40.8 Å². The molecular weight excluding hydrogens is 438 g/mol. The third-order valence-corrected chi connectivity index (χ3v) is 7.47. The van der Waals surface area contributed by atoms with Crippen LogP contribution in [-0.2, 0) is 29.5 Å². The maximum absolute atomic E-state index is 12.6. The zero-order valence-electron chi connectivity index (χ0n) is 16.6. The van der Waals surface area contributed by atoms with Crippen LogP contribution in [0.5, 0.6) is 0 Å². The van der Waals surface area contributed by atoms with E-state index in [4.69, 9.17) is 4.42 Å². The molecule has 31 heavy (non-hydrogen) atoms. The summed E-state index contributed by atoms with van der Waals surface area (Å²) in [4.78, 5) is 18.7. The van der Waals surface area contributed by atoms with Gasteiger partial charge in [0.1, 0.15) is 6.33 Å². The number of oxazole rings is 1. The van der Waals surface area contributed by atoms with E-state index in [0.29, 0.717) is 12.1 Å². The van der Waals surface area contributed by atoms with Crippen LogP contribution < -0.4 is 10.5 Å². The summed E-state index contributed by atoms with van der Waals surface area (Å²) in [7, 11) is -1.79. The highest BCUT2D eigenvalue weighted by molar-refractivity contribution is 7.93. The van der Waals surface area contributed by atoms with Crippen molar-refractivity contribution in [1.29, 1.82) is 0 Å². The van der Waals surface area contributed by atoms with Gasteiger partial charge in [-0.15, -0.1) is 0 Å². The molecule has 1 N–H and O–H groups in total. The van der Waals surface area contributed by atoms with Crippen molar-refractivity contribution in [2.45, 2.75) is 24.4 Å². The van der Waals surface area contributed by atoms with E-state index in [1.54, 1.807) is 6.07 Å². The molecule has 1 aliphatic heterocycles. The minimum Gasteiger partial charge on any atom is -0.408 e. The van der Waals surface area contributed by atoms with Crippen molar-refractivity contribution in [3.63, 3.8) is 0 Å². The fraction of sp³-hybridized carbons (Fsp3) is 0.250. The molecule has 0 amide bonds. The first-order chi connectivity index (χ1) is 14.9. The zero-order chi connectivity index (χ0) is 21.6. The first-order valence-corrected chi connectivity index (χ1v) is 11.9. The van der Waals surface area contributed by atoms with Crippen molar-refractivity contribution in [2.24, 2.45) is 0 Å². The lowest BCUT2D eigenvalue weighted by molar-refractivity contribution is 0.311. The molecule has 0 aliphatic carbocycles. The van der Waals surface area contributed by atoms with E-state index in [1.165, 1.54) is 34.2 Å². The van der Waals surface area contributed by atoms with Gasteiger partial charge >= 0.3 is 5.76 Å². The quantitative estimate of drug-likeness (QED) is 0.489. The van der Waals surface area contributed by atoms with Gasteiger partial charge in [0.2, 0.25) is 5.13 Å². The highest BCUT2D eigenvalue weighted by Gasteiger charge is 2.21. The second-order valence-corrected chi connectivity index (χ2v) is 9.94. The average Bonchev–Trinajstić information content (AvgIpc) is 3.35. The number of aromatic nitrogens is 3. The minimum absolute atomic E-state index is 0.0187. The van der Waals surface area contributed by atoms with E-state index >= 15 is 0 Å². The van der Waals surface area contributed by atoms with E-state index in [1.807, 2.05) is 12.1 Å². The Hall–Kier alpha value is -3.02. The summed E-state index contributed by atoms with van der Waals surface area (Å²) in [6, 6.07) is 10.6. The molecule has 5 rings (SSSR count). The van der Waals surface area contributed by atoms with Crippen molar-refractivity contribution in [3.05, 3.63) is 70.0 Å². The van der Waals surface area contributed by atoms with E-state index in [-0.39, 0.29) is 15.6 Å². The fourth-order valence-corrected chi connectivity index (χ4v) is 5.54. The van der Waals surface area contributed by atoms with Gasteiger partial charge in [0.15, 0.2) is 5.58 Å². The van der Waals surface area contributed by atoms with Crippen LogP contribution in [0.25, 0.3) is 11.1 Å². The van der Waals surface area contributed by atoms with Crippen molar-refractivity contribution in [1.82, 2.24) is 18.8 Å². The molecule has 2 aromatic heterocycles. The van der Waals surface area contributed by atoms with Crippen LogP contribution in [0.15, 0.2) is 56.8 Å². The minimum atomic E-state index is -3.87. The Morgan fingerprint density at radius 3 is 2.94 bits per heavy atom. The Morgan fingerprint density at radius 2 is 2.13 bits per heavy atom. The molecule has 2 aromatic carbocycles. The number of likely N-dealkylation sites (N-methyl/N-ethyl adjacent to an activating group) is 1. The topological polar surface area (TPSA) is 110 Å². The summed E-state index contributed by atoms with van der Waals surface area (Å²) in [5.41, 5.74) is 4.35. The van der Waals surface area contributed by atoms with E-state index in [0.717, 1.165) is 36.6 Å². The molecular formula is C20H19N5O4S2. The molecule has 0 radical (unpaired) electrons. The van der Waals surface area contributed by atoms with Crippen LogP contribution in [0.2, 0.25) is 0 Å². The SMILES string of the molecule is CN1CCc2cccc(Cn3c(=O)oc4cc(S(=O)(=O)Nc5ncns5)ccc43)c2C1. The number of nitrogens with one attached hydrogen (secondary N) is 1. The normalized spacial score (nSPS) is 14.6. The molecule has 4 aromatic rings. The molecule has 0 saturated carbocycles. The van der Waals surface area contributed by atoms with Crippen LogP contribution in [0.1, 0.15) is 16.7 Å². The predicted molar refractivity (Wildman–Crippen MR) is 117 cm³/mol. The van der Waals surface area contributed by atoms with Gasteiger partial charge in [0, 0.05) is 30.7 Å². The Bertz CT molecular complexity index is 1420. The second-order valence-electron chi connectivity index (χ2n) is 7.48. The number of fused-ring (bicyclic) bond motifs is 2. The third kappa shape index (κ3) is 3.75. The molecule has 0 spiro atoms. The molecule has 160 valence electrons. The molecule has 3 heterocycles. The standard InChI is InChI=1S/C20H19N5O4S2/c1-24-8-7-13-3-2-4-14(16(13)11-24)10-25-17-6-5-15(9-18(17)29-20(25)26)31(27,28)23-19-21-12-22-30-19/h2-6,9,12H,7-8,10-11H2,1H3,(H,21,22,23). The number of anilines is 1. The zero-order valence-corrected chi connectivity index (χ0v) is 18.2. The monoisotopic (exact) mass is 457 g/mol. The van der Waals surface area contributed by atoms with Crippen LogP contribution in [0.3, 0.4) is 0 Å². The van der Waals surface area contributed by atoms with E-state index in [2.05, 4.69) is 32.1 Å². The summed E-state index contributed by atoms with van der Waals surface area (Å²) in [6.07, 6.45) is 2.24. The van der Waals surface area contributed by atoms with E-state index < -0.39 is 15.8 Å². The van der Waals surface area contributed by atoms with Gasteiger partial charge in [-0.05, 0) is 42.3 Å². The lowest BCUT2D eigenvalue weighted by Gasteiger charge is -2.27. The Labute approximate surface area is 182 Å². The Balaban J connectivity index is 1.51. The first-order valence-electron chi connectivity index (χ1n) is 9.62. The van der Waals surface area contributed by atoms with Gasteiger partial charge in [-0.3, -0.25) is 9.29 Å². The fourth-order valence-electron chi connectivity index (χ4n) is 3.86. The van der Waals surface area contributed by atoms with Crippen molar-refractivity contribution in [3.8, 4) is 0 Å². The lowest BCUT2D eigenvalue weighted by Crippen LogP contribution is -2.28. The van der Waals surface area contributed by atoms with Gasteiger partial charge in [-0.1, -0.05) is 18.2 Å². The molecule has 0 bridgehead atoms. The van der Waals surface area contributed by atoms with Gasteiger partial charge < -0.3 is 9.32 Å². The number of hydrogen-bond acceptors (Lipinski definition) is 8. The molecule has 1 aliphatic rings. The lowest BCUT2D eigenvalue weighted by atomic mass is 9.95. The molecule has 0 atom stereocenters. The number of benzene rings is 2. The summed E-state index contributed by atoms with van der Waals surface area (Å²) in [5, 5.41) is 0.165. The highest BCUT2D eigenvalue weighted by atomic mass is 32.2. The van der Waals surface area contributed by atoms with Crippen molar-refractivity contribution >= 4 is 37.8 Å². The Morgan fingerprint density at radius 1 is 1.26 bits per heavy atom. The summed E-state index contributed by atoms with van der Waals surface area (Å²) < 4.78 is 38.3. The van der Waals surface area contributed by atoms with Crippen molar-refractivity contribution < 1.29 is 12.8 Å². The van der Waals surface area contributed by atoms with Gasteiger partial charge in [-0.2, -0.15) is 4.37 Å². The number of sulfonamides is 1. The van der Waals surface area contributed by atoms with Crippen LogP contribution in [0.4, 0.5) is 5.13 Å². The van der Waals surface area contributed by atoms with Gasteiger partial charge in [0.05, 0.1) is 17.0 Å². The number of rotatable bonds is 5. The largest absolute Gasteiger partial charge is 0.420 e. The maximum atomic E-state index is 12.6. The molecule has 0 saturated heterocycles. The summed E-state index contributed by atoms with van der Waals surface area (Å²) in [6.45, 7) is 2.20. The molecule has 0 unspecified atom stereocenters. The number of hydrogen-bond donors (Lipinski definition) is 1. The first kappa shape index (κ1) is 19.9. The Kier molecular flexibility index (Phi) is 4.88. The van der Waals surface area contributed by atoms with Gasteiger partial charge in [0.25, 0.3) is 10.0 Å². The molecule has 0 fully saturated rings. The third-order valence-electron chi connectivity index (χ3n) is 5.42. The van der Waals surface area contributed by atoms with E-state index in [9.17, 15) is 13.2 Å². The second kappa shape index (κ2) is 7.59. The summed E-state index contributed by atoms with van der Waals surface area (Å²) >= 11 is 0.935. The number of nitrogens with zero attached hydrogens (tertiary/aromatic N) is 4. The molecule has 11 heteroatoms. The van der Waals surface area contributed by atoms with Gasteiger partial charge in [-0.25, -0.2) is 18.2 Å². The van der Waals surface area contributed by atoms with Crippen molar-refractivity contribution in [2.75, 3.05) is 18.3 Å². The van der Waals surface area contributed by atoms with Crippen LogP contribution in [0, 0.1) is 0 Å².